The molecule has 0 aliphatic carbocycles. The molecule has 23 heavy (non-hydrogen) atoms. The van der Waals surface area contributed by atoms with Crippen LogP contribution in [0, 0.1) is 18.3 Å². The van der Waals surface area contributed by atoms with Gasteiger partial charge in [-0.15, -0.1) is 6.42 Å². The average molecular weight is 318 g/mol. The molecule has 130 valence electrons. The molecule has 2 heteroatoms. The first-order chi connectivity index (χ1) is 11.1. The molecule has 0 saturated carbocycles. The molecule has 1 rings (SSSR count). The summed E-state index contributed by atoms with van der Waals surface area (Å²) in [6.45, 7) is 15.0. The zero-order valence-corrected chi connectivity index (χ0v) is 16.3. The summed E-state index contributed by atoms with van der Waals surface area (Å²) < 4.78 is 5.36. The van der Waals surface area contributed by atoms with Crippen LogP contribution in [0.25, 0.3) is 0 Å². The van der Waals surface area contributed by atoms with E-state index >= 15 is 0 Å². The van der Waals surface area contributed by atoms with Crippen LogP contribution in [0.4, 0.5) is 0 Å². The predicted octanol–water partition coefficient (Wildman–Crippen LogP) is 5.92. The molecule has 1 heterocycles. The Morgan fingerprint density at radius 1 is 1.35 bits per heavy atom. The van der Waals surface area contributed by atoms with Gasteiger partial charge < -0.3 is 4.42 Å². The first kappa shape index (κ1) is 23.5. The maximum Gasteiger partial charge on any atom is 0.117 e. The van der Waals surface area contributed by atoms with Crippen LogP contribution in [-0.4, -0.2) is 18.0 Å². The normalized spacial score (nSPS) is 13.5. The number of allylic oxidation sites excluding steroid dienone is 3. The zero-order valence-electron chi connectivity index (χ0n) is 16.3. The molecule has 0 saturated heterocycles. The second-order valence-electron chi connectivity index (χ2n) is 4.82. The van der Waals surface area contributed by atoms with Crippen molar-refractivity contribution in [2.24, 2.45) is 5.92 Å². The molecule has 0 bridgehead atoms. The molecule has 2 nitrogen and oxygen atoms in total. The monoisotopic (exact) mass is 317 g/mol. The van der Waals surface area contributed by atoms with Crippen LogP contribution in [0.2, 0.25) is 0 Å². The van der Waals surface area contributed by atoms with E-state index in [-0.39, 0.29) is 12.0 Å². The molecule has 0 aliphatic rings. The SMILES string of the molecule is C#CC(/C=C\C(C)=C/C)C(C)N(C)Cc1ccco1.CC.CC. The van der Waals surface area contributed by atoms with Crippen molar-refractivity contribution in [3.63, 3.8) is 0 Å². The Balaban J connectivity index is 0. The summed E-state index contributed by atoms with van der Waals surface area (Å²) in [6, 6.07) is 4.14. The van der Waals surface area contributed by atoms with Crippen molar-refractivity contribution >= 4 is 0 Å². The largest absolute Gasteiger partial charge is 0.468 e. The molecule has 0 aliphatic heterocycles. The summed E-state index contributed by atoms with van der Waals surface area (Å²) in [7, 11) is 2.06. The number of hydrogen-bond donors (Lipinski definition) is 0. The Bertz CT molecular complexity index is 463. The molecule has 0 radical (unpaired) electrons. The maximum absolute atomic E-state index is 5.64. The van der Waals surface area contributed by atoms with Crippen molar-refractivity contribution in [3.05, 3.63) is 48.0 Å². The molecule has 0 aromatic carbocycles. The van der Waals surface area contributed by atoms with Crippen LogP contribution in [0.3, 0.4) is 0 Å². The number of terminal acetylenes is 1. The van der Waals surface area contributed by atoms with Gasteiger partial charge in [0.25, 0.3) is 0 Å². The van der Waals surface area contributed by atoms with E-state index in [1.54, 1.807) is 6.26 Å². The molecule has 1 aromatic rings. The molecule has 0 fully saturated rings. The minimum atomic E-state index is 0.0925. The van der Waals surface area contributed by atoms with Gasteiger partial charge in [-0.2, -0.15) is 0 Å². The summed E-state index contributed by atoms with van der Waals surface area (Å²) in [5.74, 6) is 3.91. The van der Waals surface area contributed by atoms with Crippen LogP contribution in [0.5, 0.6) is 0 Å². The molecular formula is C21H35NO. The molecule has 1 aromatic heterocycles. The highest BCUT2D eigenvalue weighted by molar-refractivity contribution is 5.20. The van der Waals surface area contributed by atoms with Crippen molar-refractivity contribution in [3.8, 4) is 12.3 Å². The van der Waals surface area contributed by atoms with Crippen LogP contribution in [0.15, 0.2) is 46.6 Å². The maximum atomic E-state index is 5.64. The predicted molar refractivity (Wildman–Crippen MR) is 103 cm³/mol. The van der Waals surface area contributed by atoms with Gasteiger partial charge in [-0.1, -0.05) is 57.4 Å². The first-order valence-electron chi connectivity index (χ1n) is 8.58. The van der Waals surface area contributed by atoms with Gasteiger partial charge in [0.2, 0.25) is 0 Å². The van der Waals surface area contributed by atoms with Gasteiger partial charge in [-0.3, -0.25) is 4.90 Å². The van der Waals surface area contributed by atoms with Crippen molar-refractivity contribution < 1.29 is 4.42 Å². The summed E-state index contributed by atoms with van der Waals surface area (Å²) >= 11 is 0. The lowest BCUT2D eigenvalue weighted by atomic mass is 9.99. The van der Waals surface area contributed by atoms with Crippen LogP contribution >= 0.6 is 0 Å². The standard InChI is InChI=1S/C17H23NO.2C2H6/c1-6-14(3)10-11-16(7-2)15(4)18(5)13-17-9-8-12-19-17;2*1-2/h2,6,8-12,15-16H,13H2,1,3-5H3;2*1-2H3/b11-10-,14-6-;;. The third kappa shape index (κ3) is 9.81. The lowest BCUT2D eigenvalue weighted by Crippen LogP contribution is -2.33. The number of hydrogen-bond acceptors (Lipinski definition) is 2. The van der Waals surface area contributed by atoms with Crippen LogP contribution in [-0.2, 0) is 6.54 Å². The summed E-state index contributed by atoms with van der Waals surface area (Å²) in [5, 5.41) is 0. The lowest BCUT2D eigenvalue weighted by molar-refractivity contribution is 0.210. The smallest absolute Gasteiger partial charge is 0.117 e. The Morgan fingerprint density at radius 2 is 1.96 bits per heavy atom. The summed E-state index contributed by atoms with van der Waals surface area (Å²) in [6.07, 6.45) is 13.6. The molecule has 0 N–H and O–H groups in total. The minimum Gasteiger partial charge on any atom is -0.468 e. The molecular weight excluding hydrogens is 282 g/mol. The highest BCUT2D eigenvalue weighted by Crippen LogP contribution is 2.15. The van der Waals surface area contributed by atoms with E-state index in [1.807, 2.05) is 46.8 Å². The lowest BCUT2D eigenvalue weighted by Gasteiger charge is -2.26. The summed E-state index contributed by atoms with van der Waals surface area (Å²) in [5.41, 5.74) is 1.22. The van der Waals surface area contributed by atoms with E-state index in [0.717, 1.165) is 12.3 Å². The Morgan fingerprint density at radius 3 is 2.39 bits per heavy atom. The highest BCUT2D eigenvalue weighted by Gasteiger charge is 2.17. The van der Waals surface area contributed by atoms with Crippen molar-refractivity contribution in [1.82, 2.24) is 4.90 Å². The van der Waals surface area contributed by atoms with Crippen molar-refractivity contribution in [2.75, 3.05) is 7.05 Å². The molecule has 2 atom stereocenters. The van der Waals surface area contributed by atoms with Gasteiger partial charge in [0.1, 0.15) is 5.76 Å². The van der Waals surface area contributed by atoms with Gasteiger partial charge in [-0.25, -0.2) is 0 Å². The van der Waals surface area contributed by atoms with Gasteiger partial charge >= 0.3 is 0 Å². The zero-order chi connectivity index (χ0) is 18.3. The topological polar surface area (TPSA) is 16.4 Å². The van der Waals surface area contributed by atoms with E-state index < -0.39 is 0 Å². The van der Waals surface area contributed by atoms with Gasteiger partial charge in [-0.05, 0) is 40.0 Å². The van der Waals surface area contributed by atoms with Crippen LogP contribution in [0.1, 0.15) is 54.2 Å². The van der Waals surface area contributed by atoms with Gasteiger partial charge in [0, 0.05) is 6.04 Å². The third-order valence-corrected chi connectivity index (χ3v) is 3.41. The Labute approximate surface area is 144 Å². The Hall–Kier alpha value is -1.72. The van der Waals surface area contributed by atoms with Crippen molar-refractivity contribution in [2.45, 2.75) is 61.1 Å². The highest BCUT2D eigenvalue weighted by atomic mass is 16.3. The van der Waals surface area contributed by atoms with Gasteiger partial charge in [0.05, 0.1) is 18.7 Å². The average Bonchev–Trinajstić information content (AvgIpc) is 3.11. The van der Waals surface area contributed by atoms with E-state index in [4.69, 9.17) is 10.8 Å². The second kappa shape index (κ2) is 15.2. The number of furan rings is 1. The fourth-order valence-corrected chi connectivity index (χ4v) is 1.77. The summed E-state index contributed by atoms with van der Waals surface area (Å²) in [4.78, 5) is 2.21. The Kier molecular flexibility index (Phi) is 15.5. The molecule has 0 spiro atoms. The molecule has 2 unspecified atom stereocenters. The third-order valence-electron chi connectivity index (χ3n) is 3.41. The van der Waals surface area contributed by atoms with E-state index in [2.05, 4.69) is 49.9 Å². The minimum absolute atomic E-state index is 0.0925. The first-order valence-corrected chi connectivity index (χ1v) is 8.58. The van der Waals surface area contributed by atoms with E-state index in [0.29, 0.717) is 0 Å². The van der Waals surface area contributed by atoms with E-state index in [1.165, 1.54) is 5.57 Å². The van der Waals surface area contributed by atoms with Gasteiger partial charge in [0.15, 0.2) is 0 Å². The number of rotatable bonds is 6. The second-order valence-corrected chi connectivity index (χ2v) is 4.82. The fraction of sp³-hybridized carbons (Fsp3) is 0.524. The van der Waals surface area contributed by atoms with E-state index in [9.17, 15) is 0 Å². The number of nitrogens with zero attached hydrogens (tertiary/aromatic N) is 1. The quantitative estimate of drug-likeness (QED) is 0.478. The fourth-order valence-electron chi connectivity index (χ4n) is 1.77. The van der Waals surface area contributed by atoms with Crippen molar-refractivity contribution in [1.29, 1.82) is 0 Å². The molecule has 0 amide bonds. The van der Waals surface area contributed by atoms with Crippen LogP contribution < -0.4 is 0 Å².